The fraction of sp³-hybridized carbons (Fsp3) is 0.613. The van der Waals surface area contributed by atoms with Crippen LogP contribution in [0.2, 0.25) is 0 Å². The van der Waals surface area contributed by atoms with E-state index in [1.54, 1.807) is 0 Å². The summed E-state index contributed by atoms with van der Waals surface area (Å²) in [6, 6.07) is 0. The van der Waals surface area contributed by atoms with Crippen LogP contribution >= 0.6 is 0 Å². The average Bonchev–Trinajstić information content (AvgIpc) is 3.64. The minimum atomic E-state index is -1.64. The lowest BCUT2D eigenvalue weighted by Gasteiger charge is -2.26. The van der Waals surface area contributed by atoms with E-state index in [1.807, 2.05) is 21.1 Å². The second-order valence-electron chi connectivity index (χ2n) is 24.1. The third kappa shape index (κ3) is 70.0. The minimum Gasteiger partial charge on any atom is -0.545 e. The van der Waals surface area contributed by atoms with Gasteiger partial charge in [0.2, 0.25) is 0 Å². The number of hydrogen-bond acceptors (Lipinski definition) is 8. The molecule has 9 heteroatoms. The number of unbranched alkanes of at least 4 members (excludes halogenated alkanes) is 20. The van der Waals surface area contributed by atoms with E-state index in [-0.39, 0.29) is 38.6 Å². The molecule has 0 saturated carbocycles. The van der Waals surface area contributed by atoms with Gasteiger partial charge in [0.1, 0.15) is 13.2 Å². The van der Waals surface area contributed by atoms with Gasteiger partial charge in [-0.2, -0.15) is 0 Å². The SMILES string of the molecule is CC/C=C\C/C=C\C/C=C\C/C=C\C/C=C\C/C=C\C/C=C\C/C=C\CCCCCCCCCCC(=O)OC(COC(=O)CCCCCCCCCCCCCC/C=C\C/C=C\C/C=C\C/C=C\C/C=C\C/C=C\CC)COC(OCC[N+](C)(C)C)C(=O)[O-]. The molecule has 0 saturated heterocycles. The first-order chi connectivity index (χ1) is 43.6. The molecule has 0 rings (SSSR count). The van der Waals surface area contributed by atoms with Crippen LogP contribution < -0.4 is 5.11 Å². The number of carbonyl (C=O) groups excluding carboxylic acids is 3. The smallest absolute Gasteiger partial charge is 0.306 e. The van der Waals surface area contributed by atoms with Crippen LogP contribution in [0.3, 0.4) is 0 Å². The maximum Gasteiger partial charge on any atom is 0.306 e. The molecule has 0 radical (unpaired) electrons. The largest absolute Gasteiger partial charge is 0.545 e. The molecule has 2 unspecified atom stereocenters. The number of allylic oxidation sites excluding steroid dienone is 28. The van der Waals surface area contributed by atoms with E-state index in [2.05, 4.69) is 184 Å². The first-order valence-corrected chi connectivity index (χ1v) is 35.3. The highest BCUT2D eigenvalue weighted by Gasteiger charge is 2.22. The van der Waals surface area contributed by atoms with Crippen LogP contribution in [0.15, 0.2) is 170 Å². The van der Waals surface area contributed by atoms with Gasteiger partial charge in [-0.15, -0.1) is 0 Å². The van der Waals surface area contributed by atoms with Crippen molar-refractivity contribution in [2.75, 3.05) is 47.5 Å². The fourth-order valence-electron chi connectivity index (χ4n) is 9.14. The number of carboxylic acids is 1. The predicted octanol–water partition coefficient (Wildman–Crippen LogP) is 20.9. The molecule has 0 aromatic heterocycles. The summed E-state index contributed by atoms with van der Waals surface area (Å²) in [5, 5.41) is 11.8. The highest BCUT2D eigenvalue weighted by molar-refractivity contribution is 5.70. The zero-order valence-electron chi connectivity index (χ0n) is 57.2. The molecule has 502 valence electrons. The van der Waals surface area contributed by atoms with Crippen molar-refractivity contribution in [3.05, 3.63) is 170 Å². The lowest BCUT2D eigenvalue weighted by molar-refractivity contribution is -0.870. The number of likely N-dealkylation sites (N-methyl/N-ethyl adjacent to an activating group) is 1. The van der Waals surface area contributed by atoms with Crippen molar-refractivity contribution in [1.29, 1.82) is 0 Å². The molecule has 0 aliphatic rings. The molecule has 0 bridgehead atoms. The van der Waals surface area contributed by atoms with Gasteiger partial charge in [0.25, 0.3) is 0 Å². The summed E-state index contributed by atoms with van der Waals surface area (Å²) < 4.78 is 22.8. The molecule has 9 nitrogen and oxygen atoms in total. The number of nitrogens with zero attached hydrogens (tertiary/aromatic N) is 1. The van der Waals surface area contributed by atoms with Crippen molar-refractivity contribution in [2.24, 2.45) is 0 Å². The number of quaternary nitrogens is 1. The molecule has 0 aromatic rings. The summed E-state index contributed by atoms with van der Waals surface area (Å²) >= 11 is 0. The molecule has 0 N–H and O–H groups in total. The van der Waals surface area contributed by atoms with Crippen molar-refractivity contribution in [1.82, 2.24) is 0 Å². The monoisotopic (exact) mass is 1230 g/mol. The Labute approximate surface area is 546 Å². The first-order valence-electron chi connectivity index (χ1n) is 35.3. The number of aliphatic carboxylic acids is 1. The van der Waals surface area contributed by atoms with Crippen LogP contribution in [-0.4, -0.2) is 82.3 Å². The number of carboxylic acid groups (broad SMARTS) is 1. The van der Waals surface area contributed by atoms with E-state index < -0.39 is 24.3 Å². The van der Waals surface area contributed by atoms with Gasteiger partial charge < -0.3 is 33.3 Å². The normalized spacial score (nSPS) is 13.8. The highest BCUT2D eigenvalue weighted by atomic mass is 16.7. The second-order valence-corrected chi connectivity index (χ2v) is 24.1. The third-order valence-electron chi connectivity index (χ3n) is 14.5. The number of carbonyl (C=O) groups is 3. The molecule has 0 fully saturated rings. The lowest BCUT2D eigenvalue weighted by Crippen LogP contribution is -2.44. The summed E-state index contributed by atoms with van der Waals surface area (Å²) in [5.41, 5.74) is 0. The number of esters is 2. The van der Waals surface area contributed by atoms with Crippen LogP contribution in [0.1, 0.15) is 258 Å². The van der Waals surface area contributed by atoms with E-state index in [0.717, 1.165) is 141 Å². The molecule has 0 aliphatic carbocycles. The van der Waals surface area contributed by atoms with Crippen LogP contribution in [0.4, 0.5) is 0 Å². The van der Waals surface area contributed by atoms with Crippen LogP contribution in [0, 0.1) is 0 Å². The Kier molecular flexibility index (Phi) is 64.4. The Morgan fingerprint density at radius 1 is 0.337 bits per heavy atom. The summed E-state index contributed by atoms with van der Waals surface area (Å²) in [6.07, 6.45) is 99.9. The molecule has 89 heavy (non-hydrogen) atoms. The van der Waals surface area contributed by atoms with E-state index in [1.165, 1.54) is 83.5 Å². The maximum atomic E-state index is 12.9. The molecule has 0 heterocycles. The first kappa shape index (κ1) is 83.7. The second kappa shape index (κ2) is 68.6. The van der Waals surface area contributed by atoms with E-state index in [0.29, 0.717) is 17.4 Å². The van der Waals surface area contributed by atoms with Gasteiger partial charge in [-0.25, -0.2) is 0 Å². The minimum absolute atomic E-state index is 0.137. The Morgan fingerprint density at radius 2 is 0.607 bits per heavy atom. The maximum absolute atomic E-state index is 12.9. The predicted molar refractivity (Wildman–Crippen MR) is 379 cm³/mol. The Hall–Kier alpha value is -5.35. The Balaban J connectivity index is 4.20. The van der Waals surface area contributed by atoms with Crippen LogP contribution in [0.25, 0.3) is 0 Å². The van der Waals surface area contributed by atoms with E-state index >= 15 is 0 Å². The van der Waals surface area contributed by atoms with Gasteiger partial charge in [0, 0.05) is 12.8 Å². The molecule has 0 aliphatic heterocycles. The Morgan fingerprint density at radius 3 is 0.899 bits per heavy atom. The summed E-state index contributed by atoms with van der Waals surface area (Å²) in [5.74, 6) is -2.31. The van der Waals surface area contributed by atoms with E-state index in [9.17, 15) is 19.5 Å². The van der Waals surface area contributed by atoms with Crippen molar-refractivity contribution < 1.29 is 42.9 Å². The van der Waals surface area contributed by atoms with Crippen LogP contribution in [0.5, 0.6) is 0 Å². The molecule has 0 amide bonds. The van der Waals surface area contributed by atoms with Gasteiger partial charge in [-0.05, 0) is 128 Å². The summed E-state index contributed by atoms with van der Waals surface area (Å²) in [6.45, 7) is 4.50. The summed E-state index contributed by atoms with van der Waals surface area (Å²) in [4.78, 5) is 37.5. The topological polar surface area (TPSA) is 111 Å². The van der Waals surface area contributed by atoms with Gasteiger partial charge in [-0.3, -0.25) is 9.59 Å². The molecule has 2 atom stereocenters. The van der Waals surface area contributed by atoms with Crippen molar-refractivity contribution in [3.8, 4) is 0 Å². The molecule has 0 aromatic carbocycles. The van der Waals surface area contributed by atoms with Gasteiger partial charge in [0.15, 0.2) is 12.4 Å². The molecular weight excluding hydrogens is 1100 g/mol. The van der Waals surface area contributed by atoms with Gasteiger partial charge in [0.05, 0.1) is 40.3 Å². The van der Waals surface area contributed by atoms with Gasteiger partial charge >= 0.3 is 11.9 Å². The number of rotatable bonds is 63. The lowest BCUT2D eigenvalue weighted by atomic mass is 10.0. The standard InChI is InChI=1S/C80H129NO8/c1-6-8-10-12-14-16-18-20-22-24-26-28-30-32-34-36-38-39-41-43-45-47-49-51-53-55-57-59-61-63-65-67-69-71-78(83)89-76(75-88-80(79(84)85)86-73-72-81(3,4)5)74-87-77(82)70-68-66-64-62-60-58-56-54-52-50-48-46-44-42-40-37-35-33-31-29-27-25-23-21-19-17-15-13-11-9-7-2/h8-11,14-17,20-23,26-29,32-35,38-40,42-43,45,49,51,76,80H,6-7,12-13,18-19,24-25,30-31,36-37,41,44,46-48,50,52-75H2,1-5H3/b10-8-,11-9-,16-14-,17-15-,22-20-,23-21-,28-26-,29-27-,34-32-,35-33-,39-38-,42-40-,45-43-,51-49-. The molecule has 0 spiro atoms. The van der Waals surface area contributed by atoms with Crippen molar-refractivity contribution >= 4 is 17.9 Å². The molecular formula is C80H129NO8. The Bertz CT molecular complexity index is 2070. The zero-order chi connectivity index (χ0) is 64.7. The summed E-state index contributed by atoms with van der Waals surface area (Å²) in [7, 11) is 5.92. The van der Waals surface area contributed by atoms with Crippen molar-refractivity contribution in [2.45, 2.75) is 270 Å². The van der Waals surface area contributed by atoms with Gasteiger partial charge in [-0.1, -0.05) is 287 Å². The number of ether oxygens (including phenoxy) is 4. The van der Waals surface area contributed by atoms with E-state index in [4.69, 9.17) is 18.9 Å². The third-order valence-corrected chi connectivity index (χ3v) is 14.5. The quantitative estimate of drug-likeness (QED) is 0.0195. The fourth-order valence-corrected chi connectivity index (χ4v) is 9.14. The zero-order valence-corrected chi connectivity index (χ0v) is 57.2. The van der Waals surface area contributed by atoms with Crippen molar-refractivity contribution in [3.63, 3.8) is 0 Å². The van der Waals surface area contributed by atoms with Crippen LogP contribution in [-0.2, 0) is 33.3 Å². The highest BCUT2D eigenvalue weighted by Crippen LogP contribution is 2.16. The number of hydrogen-bond donors (Lipinski definition) is 0. The average molecular weight is 1230 g/mol.